The van der Waals surface area contributed by atoms with Crippen molar-refractivity contribution in [2.75, 3.05) is 11.1 Å². The summed E-state index contributed by atoms with van der Waals surface area (Å²) in [4.78, 5) is 43.0. The molecule has 6 nitrogen and oxygen atoms in total. The smallest absolute Gasteiger partial charge is 0.256 e. The Morgan fingerprint density at radius 3 is 2.16 bits per heavy atom. The molecule has 0 atom stereocenters. The molecular weight excluding hydrogens is 514 g/mol. The van der Waals surface area contributed by atoms with Gasteiger partial charge < -0.3 is 10.6 Å². The lowest BCUT2D eigenvalue weighted by Gasteiger charge is -2.11. The quantitative estimate of drug-likeness (QED) is 0.167. The van der Waals surface area contributed by atoms with Gasteiger partial charge in [0.15, 0.2) is 10.1 Å². The van der Waals surface area contributed by atoms with Gasteiger partial charge in [-0.2, -0.15) is 0 Å². The zero-order chi connectivity index (χ0) is 26.3. The Labute approximate surface area is 228 Å². The van der Waals surface area contributed by atoms with Crippen molar-refractivity contribution in [2.24, 2.45) is 0 Å². The Bertz CT molecular complexity index is 1600. The second-order valence-electron chi connectivity index (χ2n) is 8.41. The van der Waals surface area contributed by atoms with Gasteiger partial charge in [-0.15, -0.1) is 11.3 Å². The average molecular weight is 538 g/mol. The number of Topliss-reactive ketones (excluding diaryl/α,β-unsaturated/α-hetero) is 1. The number of fused-ring (bicyclic) bond motifs is 1. The van der Waals surface area contributed by atoms with E-state index in [0.29, 0.717) is 29.1 Å². The SMILES string of the molecule is O=C(CSc1nc2ccc(NC(=O)c3ccccc3C(=O)NCc3ccccc3)cc2s1)c1ccccc1. The predicted molar refractivity (Wildman–Crippen MR) is 153 cm³/mol. The van der Waals surface area contributed by atoms with Crippen LogP contribution < -0.4 is 10.6 Å². The number of aromatic nitrogens is 1. The van der Waals surface area contributed by atoms with E-state index in [4.69, 9.17) is 0 Å². The van der Waals surface area contributed by atoms with E-state index in [2.05, 4.69) is 15.6 Å². The summed E-state index contributed by atoms with van der Waals surface area (Å²) >= 11 is 2.87. The van der Waals surface area contributed by atoms with E-state index in [1.165, 1.54) is 23.1 Å². The van der Waals surface area contributed by atoms with Crippen LogP contribution in [0.2, 0.25) is 0 Å². The number of amides is 2. The summed E-state index contributed by atoms with van der Waals surface area (Å²) in [5.74, 6) is -0.336. The van der Waals surface area contributed by atoms with E-state index < -0.39 is 0 Å². The van der Waals surface area contributed by atoms with Gasteiger partial charge in [0.1, 0.15) is 0 Å². The number of thioether (sulfide) groups is 1. The van der Waals surface area contributed by atoms with Crippen LogP contribution in [-0.4, -0.2) is 28.3 Å². The molecule has 1 aromatic heterocycles. The Morgan fingerprint density at radius 2 is 1.42 bits per heavy atom. The molecule has 0 aliphatic rings. The molecule has 4 aromatic carbocycles. The van der Waals surface area contributed by atoms with Gasteiger partial charge in [-0.1, -0.05) is 84.6 Å². The maximum Gasteiger partial charge on any atom is 0.256 e. The van der Waals surface area contributed by atoms with Crippen molar-refractivity contribution < 1.29 is 14.4 Å². The summed E-state index contributed by atoms with van der Waals surface area (Å²) in [5, 5.41) is 5.78. The number of rotatable bonds is 9. The molecule has 0 fully saturated rings. The number of nitrogens with one attached hydrogen (secondary N) is 2. The minimum atomic E-state index is -0.373. The van der Waals surface area contributed by atoms with Gasteiger partial charge in [-0.05, 0) is 35.9 Å². The third kappa shape index (κ3) is 6.16. The Morgan fingerprint density at radius 1 is 0.763 bits per heavy atom. The average Bonchev–Trinajstić information content (AvgIpc) is 3.38. The first-order valence-corrected chi connectivity index (χ1v) is 13.7. The van der Waals surface area contributed by atoms with Crippen molar-refractivity contribution in [1.82, 2.24) is 10.3 Å². The number of nitrogens with zero attached hydrogens (tertiary/aromatic N) is 1. The molecule has 2 N–H and O–H groups in total. The van der Waals surface area contributed by atoms with Gasteiger partial charge in [0.05, 0.1) is 27.1 Å². The first-order chi connectivity index (χ1) is 18.6. The van der Waals surface area contributed by atoms with E-state index in [0.717, 1.165) is 20.1 Å². The normalized spacial score (nSPS) is 10.7. The number of hydrogen-bond donors (Lipinski definition) is 2. The van der Waals surface area contributed by atoms with Gasteiger partial charge in [0, 0.05) is 17.8 Å². The van der Waals surface area contributed by atoms with E-state index in [1.54, 1.807) is 42.5 Å². The summed E-state index contributed by atoms with van der Waals surface area (Å²) in [7, 11) is 0. The van der Waals surface area contributed by atoms with Crippen LogP contribution in [0.3, 0.4) is 0 Å². The Kier molecular flexibility index (Phi) is 7.92. The molecule has 1 heterocycles. The molecule has 188 valence electrons. The second kappa shape index (κ2) is 11.9. The second-order valence-corrected chi connectivity index (χ2v) is 10.7. The van der Waals surface area contributed by atoms with Crippen LogP contribution in [0.25, 0.3) is 10.2 Å². The molecular formula is C30H23N3O3S2. The van der Waals surface area contributed by atoms with Gasteiger partial charge in [-0.25, -0.2) is 4.98 Å². The number of ketones is 1. The van der Waals surface area contributed by atoms with Crippen molar-refractivity contribution >= 4 is 56.6 Å². The van der Waals surface area contributed by atoms with E-state index in [1.807, 2.05) is 60.7 Å². The molecule has 0 aliphatic heterocycles. The molecule has 0 aliphatic carbocycles. The highest BCUT2D eigenvalue weighted by atomic mass is 32.2. The minimum absolute atomic E-state index is 0.0503. The summed E-state index contributed by atoms with van der Waals surface area (Å²) in [6, 6.07) is 31.0. The highest BCUT2D eigenvalue weighted by Gasteiger charge is 2.17. The van der Waals surface area contributed by atoms with Crippen molar-refractivity contribution in [3.8, 4) is 0 Å². The van der Waals surface area contributed by atoms with Crippen LogP contribution in [0.15, 0.2) is 107 Å². The summed E-state index contributed by atoms with van der Waals surface area (Å²) in [6.45, 7) is 0.370. The molecule has 8 heteroatoms. The monoisotopic (exact) mass is 537 g/mol. The van der Waals surface area contributed by atoms with Crippen LogP contribution in [0.5, 0.6) is 0 Å². The molecule has 38 heavy (non-hydrogen) atoms. The molecule has 0 radical (unpaired) electrons. The number of carbonyl (C=O) groups is 3. The fraction of sp³-hybridized carbons (Fsp3) is 0.0667. The Hall–Kier alpha value is -4.27. The van der Waals surface area contributed by atoms with Crippen LogP contribution in [0.1, 0.15) is 36.6 Å². The number of benzene rings is 4. The van der Waals surface area contributed by atoms with E-state index in [9.17, 15) is 14.4 Å². The zero-order valence-corrected chi connectivity index (χ0v) is 21.9. The molecule has 0 spiro atoms. The molecule has 0 saturated heterocycles. The first-order valence-electron chi connectivity index (χ1n) is 11.9. The maximum absolute atomic E-state index is 13.1. The molecule has 0 saturated carbocycles. The maximum atomic E-state index is 13.1. The van der Waals surface area contributed by atoms with Crippen molar-refractivity contribution in [1.29, 1.82) is 0 Å². The first kappa shape index (κ1) is 25.4. The zero-order valence-electron chi connectivity index (χ0n) is 20.2. The minimum Gasteiger partial charge on any atom is -0.348 e. The highest BCUT2D eigenvalue weighted by Crippen LogP contribution is 2.32. The number of anilines is 1. The van der Waals surface area contributed by atoms with Crippen LogP contribution in [0.4, 0.5) is 5.69 Å². The van der Waals surface area contributed by atoms with Gasteiger partial charge in [0.2, 0.25) is 0 Å². The topological polar surface area (TPSA) is 88.2 Å². The van der Waals surface area contributed by atoms with Gasteiger partial charge in [-0.3, -0.25) is 14.4 Å². The summed E-state index contributed by atoms with van der Waals surface area (Å²) in [5.41, 5.74) is 3.65. The lowest BCUT2D eigenvalue weighted by atomic mass is 10.1. The van der Waals surface area contributed by atoms with Crippen LogP contribution in [0, 0.1) is 0 Å². The highest BCUT2D eigenvalue weighted by molar-refractivity contribution is 8.01. The third-order valence-corrected chi connectivity index (χ3v) is 7.92. The Balaban J connectivity index is 1.25. The summed E-state index contributed by atoms with van der Waals surface area (Å²) < 4.78 is 1.68. The third-order valence-electron chi connectivity index (χ3n) is 5.76. The lowest BCUT2D eigenvalue weighted by Crippen LogP contribution is -2.26. The van der Waals surface area contributed by atoms with Crippen LogP contribution in [-0.2, 0) is 6.54 Å². The number of thiazole rings is 1. The van der Waals surface area contributed by atoms with E-state index >= 15 is 0 Å². The van der Waals surface area contributed by atoms with Crippen LogP contribution >= 0.6 is 23.1 Å². The lowest BCUT2D eigenvalue weighted by molar-refractivity contribution is 0.0937. The largest absolute Gasteiger partial charge is 0.348 e. The fourth-order valence-electron chi connectivity index (χ4n) is 3.83. The van der Waals surface area contributed by atoms with Crippen molar-refractivity contribution in [3.63, 3.8) is 0 Å². The molecule has 5 aromatic rings. The standard InChI is InChI=1S/C30H23N3O3S2/c34-26(21-11-5-2-6-12-21)19-37-30-33-25-16-15-22(17-27(25)38-30)32-29(36)24-14-8-7-13-23(24)28(35)31-18-20-9-3-1-4-10-20/h1-17H,18-19H2,(H,31,35)(H,32,36). The number of carbonyl (C=O) groups excluding carboxylic acids is 3. The van der Waals surface area contributed by atoms with E-state index in [-0.39, 0.29) is 23.2 Å². The predicted octanol–water partition coefficient (Wildman–Crippen LogP) is 6.45. The fourth-order valence-corrected chi connectivity index (χ4v) is 5.83. The van der Waals surface area contributed by atoms with Gasteiger partial charge in [0.25, 0.3) is 11.8 Å². The summed E-state index contributed by atoms with van der Waals surface area (Å²) in [6.07, 6.45) is 0. The molecule has 5 rings (SSSR count). The molecule has 0 unspecified atom stereocenters. The number of hydrogen-bond acceptors (Lipinski definition) is 6. The van der Waals surface area contributed by atoms with Gasteiger partial charge >= 0.3 is 0 Å². The van der Waals surface area contributed by atoms with Crippen molar-refractivity contribution in [3.05, 3.63) is 125 Å². The van der Waals surface area contributed by atoms with Crippen molar-refractivity contribution in [2.45, 2.75) is 10.9 Å². The molecule has 2 amide bonds. The molecule has 0 bridgehead atoms.